The zero-order valence-corrected chi connectivity index (χ0v) is 20.9. The van der Waals surface area contributed by atoms with Crippen LogP contribution in [0.1, 0.15) is 56.6 Å². The summed E-state index contributed by atoms with van der Waals surface area (Å²) in [6.45, 7) is 7.46. The third kappa shape index (κ3) is 5.03. The van der Waals surface area contributed by atoms with E-state index in [1.165, 1.54) is 4.31 Å². The first-order valence-corrected chi connectivity index (χ1v) is 13.4. The van der Waals surface area contributed by atoms with Crippen LogP contribution in [-0.4, -0.2) is 44.2 Å². The summed E-state index contributed by atoms with van der Waals surface area (Å²) in [7, 11) is -3.57. The van der Waals surface area contributed by atoms with Gasteiger partial charge in [0.2, 0.25) is 21.8 Å². The zero-order valence-electron chi connectivity index (χ0n) is 20.1. The normalized spacial score (nSPS) is 18.0. The highest BCUT2D eigenvalue weighted by Crippen LogP contribution is 2.29. The van der Waals surface area contributed by atoms with Crippen molar-refractivity contribution in [3.05, 3.63) is 53.6 Å². The fourth-order valence-corrected chi connectivity index (χ4v) is 6.19. The van der Waals surface area contributed by atoms with Gasteiger partial charge in [-0.15, -0.1) is 0 Å². The van der Waals surface area contributed by atoms with E-state index in [0.717, 1.165) is 29.8 Å². The molecule has 34 heavy (non-hydrogen) atoms. The number of piperidine rings is 1. The van der Waals surface area contributed by atoms with Crippen molar-refractivity contribution >= 4 is 33.2 Å². The third-order valence-electron chi connectivity index (χ3n) is 6.84. The second-order valence-electron chi connectivity index (χ2n) is 9.54. The molecule has 2 heterocycles. The predicted octanol–water partition coefficient (Wildman–Crippen LogP) is 4.28. The standard InChI is InChI=1S/C26H33N3O4S/c1-18(2)20-6-9-23(10-7-20)34(32,33)28-15-12-21(13-16-28)26(31)27-22-8-11-24(19(3)17-22)29-14-4-5-25(29)30/h6-11,17-18,21H,4-5,12-16H2,1-3H3,(H,27,31). The summed E-state index contributed by atoms with van der Waals surface area (Å²) < 4.78 is 27.5. The highest BCUT2D eigenvalue weighted by atomic mass is 32.2. The molecular weight excluding hydrogens is 450 g/mol. The maximum Gasteiger partial charge on any atom is 0.243 e. The monoisotopic (exact) mass is 483 g/mol. The zero-order chi connectivity index (χ0) is 24.5. The number of nitrogens with one attached hydrogen (secondary N) is 1. The molecule has 2 aliphatic heterocycles. The van der Waals surface area contributed by atoms with Crippen molar-refractivity contribution in [2.24, 2.45) is 5.92 Å². The molecule has 2 saturated heterocycles. The molecule has 0 atom stereocenters. The van der Waals surface area contributed by atoms with Crippen molar-refractivity contribution in [1.29, 1.82) is 0 Å². The highest BCUT2D eigenvalue weighted by Gasteiger charge is 2.32. The van der Waals surface area contributed by atoms with E-state index in [1.807, 2.05) is 37.3 Å². The molecule has 7 nitrogen and oxygen atoms in total. The summed E-state index contributed by atoms with van der Waals surface area (Å²) in [5.41, 5.74) is 3.63. The Kier molecular flexibility index (Phi) is 7.09. The average Bonchev–Trinajstić information content (AvgIpc) is 3.24. The van der Waals surface area contributed by atoms with E-state index in [9.17, 15) is 18.0 Å². The van der Waals surface area contributed by atoms with Crippen LogP contribution in [0.3, 0.4) is 0 Å². The van der Waals surface area contributed by atoms with Crippen LogP contribution in [0.4, 0.5) is 11.4 Å². The molecule has 2 fully saturated rings. The number of carbonyl (C=O) groups excluding carboxylic acids is 2. The van der Waals surface area contributed by atoms with E-state index in [-0.39, 0.29) is 17.7 Å². The molecule has 2 aromatic rings. The van der Waals surface area contributed by atoms with Crippen molar-refractivity contribution in [3.8, 4) is 0 Å². The van der Waals surface area contributed by atoms with E-state index in [4.69, 9.17) is 0 Å². The van der Waals surface area contributed by atoms with Crippen molar-refractivity contribution < 1.29 is 18.0 Å². The maximum atomic E-state index is 13.0. The summed E-state index contributed by atoms with van der Waals surface area (Å²) in [6.07, 6.45) is 2.41. The van der Waals surface area contributed by atoms with Crippen LogP contribution in [0.25, 0.3) is 0 Å². The molecule has 2 amide bonds. The molecule has 0 spiro atoms. The number of hydrogen-bond acceptors (Lipinski definition) is 4. The maximum absolute atomic E-state index is 13.0. The Morgan fingerprint density at radius 1 is 1.03 bits per heavy atom. The predicted molar refractivity (Wildman–Crippen MR) is 133 cm³/mol. The van der Waals surface area contributed by atoms with Crippen LogP contribution in [-0.2, 0) is 19.6 Å². The van der Waals surface area contributed by atoms with Crippen LogP contribution in [0.5, 0.6) is 0 Å². The van der Waals surface area contributed by atoms with E-state index in [1.54, 1.807) is 17.0 Å². The molecule has 182 valence electrons. The van der Waals surface area contributed by atoms with Crippen LogP contribution in [0.15, 0.2) is 47.4 Å². The second-order valence-corrected chi connectivity index (χ2v) is 11.5. The lowest BCUT2D eigenvalue weighted by Crippen LogP contribution is -2.41. The van der Waals surface area contributed by atoms with E-state index >= 15 is 0 Å². The fourth-order valence-electron chi connectivity index (χ4n) is 4.72. The number of carbonyl (C=O) groups is 2. The van der Waals surface area contributed by atoms with E-state index in [2.05, 4.69) is 19.2 Å². The number of sulfonamides is 1. The summed E-state index contributed by atoms with van der Waals surface area (Å²) in [5, 5.41) is 2.97. The van der Waals surface area contributed by atoms with Gasteiger partial charge in [-0.1, -0.05) is 26.0 Å². The minimum atomic E-state index is -3.57. The Morgan fingerprint density at radius 3 is 2.26 bits per heavy atom. The third-order valence-corrected chi connectivity index (χ3v) is 8.75. The molecule has 4 rings (SSSR count). The molecule has 2 aromatic carbocycles. The molecule has 0 bridgehead atoms. The van der Waals surface area contributed by atoms with Gasteiger partial charge in [-0.2, -0.15) is 4.31 Å². The molecule has 0 unspecified atom stereocenters. The van der Waals surface area contributed by atoms with E-state index in [0.29, 0.717) is 48.9 Å². The minimum Gasteiger partial charge on any atom is -0.326 e. The van der Waals surface area contributed by atoms with Gasteiger partial charge in [-0.25, -0.2) is 8.42 Å². The molecule has 0 aromatic heterocycles. The highest BCUT2D eigenvalue weighted by molar-refractivity contribution is 7.89. The van der Waals surface area contributed by atoms with Gasteiger partial charge >= 0.3 is 0 Å². The van der Waals surface area contributed by atoms with Gasteiger partial charge in [0, 0.05) is 43.3 Å². The number of nitrogens with zero attached hydrogens (tertiary/aromatic N) is 2. The Labute approximate surface area is 202 Å². The molecular formula is C26H33N3O4S. The Balaban J connectivity index is 1.35. The topological polar surface area (TPSA) is 86.8 Å². The van der Waals surface area contributed by atoms with Crippen LogP contribution >= 0.6 is 0 Å². The van der Waals surface area contributed by atoms with Crippen molar-refractivity contribution in [2.75, 3.05) is 29.9 Å². The van der Waals surface area contributed by atoms with Crippen LogP contribution in [0.2, 0.25) is 0 Å². The molecule has 8 heteroatoms. The fraction of sp³-hybridized carbons (Fsp3) is 0.462. The quantitative estimate of drug-likeness (QED) is 0.664. The van der Waals surface area contributed by atoms with Gasteiger partial charge in [0.1, 0.15) is 0 Å². The molecule has 1 N–H and O–H groups in total. The molecule has 0 saturated carbocycles. The van der Waals surface area contributed by atoms with Gasteiger partial charge in [-0.05, 0) is 73.6 Å². The molecule has 0 aliphatic carbocycles. The van der Waals surface area contributed by atoms with Gasteiger partial charge in [0.25, 0.3) is 0 Å². The SMILES string of the molecule is Cc1cc(NC(=O)C2CCN(S(=O)(=O)c3ccc(C(C)C)cc3)CC2)ccc1N1CCCC1=O. The van der Waals surface area contributed by atoms with Gasteiger partial charge in [0.05, 0.1) is 4.90 Å². The van der Waals surface area contributed by atoms with Gasteiger partial charge < -0.3 is 10.2 Å². The van der Waals surface area contributed by atoms with Crippen LogP contribution < -0.4 is 10.2 Å². The Morgan fingerprint density at radius 2 is 1.71 bits per heavy atom. The van der Waals surface area contributed by atoms with Crippen molar-refractivity contribution in [3.63, 3.8) is 0 Å². The largest absolute Gasteiger partial charge is 0.326 e. The summed E-state index contributed by atoms with van der Waals surface area (Å²) in [6, 6.07) is 12.7. The molecule has 0 radical (unpaired) electrons. The van der Waals surface area contributed by atoms with Crippen LogP contribution in [0, 0.1) is 12.8 Å². The number of aryl methyl sites for hydroxylation is 1. The Hall–Kier alpha value is -2.71. The lowest BCUT2D eigenvalue weighted by atomic mass is 9.97. The lowest BCUT2D eigenvalue weighted by Gasteiger charge is -2.30. The summed E-state index contributed by atoms with van der Waals surface area (Å²) in [4.78, 5) is 27.0. The first-order valence-electron chi connectivity index (χ1n) is 12.0. The van der Waals surface area contributed by atoms with Gasteiger partial charge in [0.15, 0.2) is 0 Å². The summed E-state index contributed by atoms with van der Waals surface area (Å²) >= 11 is 0. The first-order chi connectivity index (χ1) is 16.2. The minimum absolute atomic E-state index is 0.0947. The van der Waals surface area contributed by atoms with Crippen molar-refractivity contribution in [2.45, 2.75) is 57.3 Å². The van der Waals surface area contributed by atoms with E-state index < -0.39 is 10.0 Å². The van der Waals surface area contributed by atoms with Crippen molar-refractivity contribution in [1.82, 2.24) is 4.31 Å². The number of rotatable bonds is 6. The second kappa shape index (κ2) is 9.88. The number of hydrogen-bond donors (Lipinski definition) is 1. The molecule has 2 aliphatic rings. The van der Waals surface area contributed by atoms with Gasteiger partial charge in [-0.3, -0.25) is 9.59 Å². The summed E-state index contributed by atoms with van der Waals surface area (Å²) in [5.74, 6) is 0.142. The number of anilines is 2. The number of amides is 2. The smallest absolute Gasteiger partial charge is 0.243 e. The number of benzene rings is 2. The Bertz CT molecular complexity index is 1170. The first kappa shape index (κ1) is 24.4. The lowest BCUT2D eigenvalue weighted by molar-refractivity contribution is -0.121. The average molecular weight is 484 g/mol.